The Morgan fingerprint density at radius 1 is 1.24 bits per heavy atom. The molecule has 0 radical (unpaired) electrons. The van der Waals surface area contributed by atoms with Crippen LogP contribution in [0.1, 0.15) is 24.5 Å². The van der Waals surface area contributed by atoms with Crippen molar-refractivity contribution in [2.24, 2.45) is 0 Å². The molecular weight excluding hydrogens is 216 g/mol. The maximum atomic E-state index is 5.64. The van der Waals surface area contributed by atoms with Gasteiger partial charge in [-0.15, -0.1) is 0 Å². The molecule has 0 amide bonds. The van der Waals surface area contributed by atoms with Gasteiger partial charge < -0.3 is 21.2 Å². The van der Waals surface area contributed by atoms with E-state index in [1.807, 2.05) is 26.0 Å². The lowest BCUT2D eigenvalue weighted by Gasteiger charge is -2.12. The Hall–Kier alpha value is -2.17. The second-order valence-electron chi connectivity index (χ2n) is 3.99. The minimum absolute atomic E-state index is 0.0271. The summed E-state index contributed by atoms with van der Waals surface area (Å²) in [7, 11) is 0. The van der Waals surface area contributed by atoms with Crippen molar-refractivity contribution >= 4 is 17.3 Å². The maximum absolute atomic E-state index is 5.64. The Bertz CT molecular complexity index is 521. The standard InChI is InChI=1S/C12H16N4O/c1-7-3-5-10(17-7)8(2)15-11-6-4-9(13)12(14)16-11/h3-6,8H,13H2,1-2H3,(H3,14,15,16). The number of nitrogens with zero attached hydrogens (tertiary/aromatic N) is 1. The predicted molar refractivity (Wildman–Crippen MR) is 68.5 cm³/mol. The summed E-state index contributed by atoms with van der Waals surface area (Å²) in [6.07, 6.45) is 0. The van der Waals surface area contributed by atoms with Crippen molar-refractivity contribution in [3.63, 3.8) is 0 Å². The zero-order valence-electron chi connectivity index (χ0n) is 9.90. The highest BCUT2D eigenvalue weighted by molar-refractivity contribution is 5.61. The first-order valence-corrected chi connectivity index (χ1v) is 5.41. The summed E-state index contributed by atoms with van der Waals surface area (Å²) in [6, 6.07) is 7.41. The second-order valence-corrected chi connectivity index (χ2v) is 3.99. The molecule has 0 aromatic carbocycles. The molecule has 90 valence electrons. The smallest absolute Gasteiger partial charge is 0.149 e. The van der Waals surface area contributed by atoms with Crippen LogP contribution in [0.15, 0.2) is 28.7 Å². The minimum atomic E-state index is 0.0271. The number of nitrogens with one attached hydrogen (secondary N) is 1. The van der Waals surface area contributed by atoms with E-state index in [0.717, 1.165) is 11.5 Å². The van der Waals surface area contributed by atoms with Crippen LogP contribution < -0.4 is 16.8 Å². The number of nitrogen functional groups attached to an aromatic ring is 2. The first kappa shape index (κ1) is 11.3. The molecule has 0 bridgehead atoms. The molecule has 1 atom stereocenters. The SMILES string of the molecule is Cc1ccc(C(C)Nc2ccc(N)c(N)n2)o1. The number of aryl methyl sites for hydroxylation is 1. The van der Waals surface area contributed by atoms with E-state index in [-0.39, 0.29) is 6.04 Å². The fraction of sp³-hybridized carbons (Fsp3) is 0.250. The average Bonchev–Trinajstić information content (AvgIpc) is 2.70. The summed E-state index contributed by atoms with van der Waals surface area (Å²) >= 11 is 0. The third kappa shape index (κ3) is 2.50. The van der Waals surface area contributed by atoms with Crippen molar-refractivity contribution in [3.8, 4) is 0 Å². The third-order valence-electron chi connectivity index (χ3n) is 2.51. The van der Waals surface area contributed by atoms with E-state index >= 15 is 0 Å². The highest BCUT2D eigenvalue weighted by Crippen LogP contribution is 2.22. The molecule has 0 spiro atoms. The predicted octanol–water partition coefficient (Wildman–Crippen LogP) is 2.32. The molecule has 17 heavy (non-hydrogen) atoms. The third-order valence-corrected chi connectivity index (χ3v) is 2.51. The molecule has 2 heterocycles. The summed E-state index contributed by atoms with van der Waals surface area (Å²) in [6.45, 7) is 3.90. The fourth-order valence-corrected chi connectivity index (χ4v) is 1.55. The van der Waals surface area contributed by atoms with Crippen molar-refractivity contribution in [3.05, 3.63) is 35.8 Å². The number of rotatable bonds is 3. The summed E-state index contributed by atoms with van der Waals surface area (Å²) in [5, 5.41) is 3.20. The number of nitrogens with two attached hydrogens (primary N) is 2. The van der Waals surface area contributed by atoms with Crippen LogP contribution in [0.3, 0.4) is 0 Å². The molecule has 0 fully saturated rings. The molecule has 0 aliphatic carbocycles. The van der Waals surface area contributed by atoms with Gasteiger partial charge >= 0.3 is 0 Å². The van der Waals surface area contributed by atoms with E-state index in [4.69, 9.17) is 15.9 Å². The van der Waals surface area contributed by atoms with Crippen LogP contribution in [-0.2, 0) is 0 Å². The summed E-state index contributed by atoms with van der Waals surface area (Å²) < 4.78 is 5.53. The van der Waals surface area contributed by atoms with Crippen molar-refractivity contribution in [1.29, 1.82) is 0 Å². The monoisotopic (exact) mass is 232 g/mol. The van der Waals surface area contributed by atoms with E-state index in [1.165, 1.54) is 0 Å². The molecule has 0 aliphatic heterocycles. The molecule has 5 N–H and O–H groups in total. The normalized spacial score (nSPS) is 12.4. The summed E-state index contributed by atoms with van der Waals surface area (Å²) in [4.78, 5) is 4.15. The van der Waals surface area contributed by atoms with Gasteiger partial charge in [-0.2, -0.15) is 0 Å². The quantitative estimate of drug-likeness (QED) is 0.755. The molecule has 0 saturated heterocycles. The van der Waals surface area contributed by atoms with Crippen molar-refractivity contribution in [1.82, 2.24) is 4.98 Å². The van der Waals surface area contributed by atoms with Crippen LogP contribution in [0, 0.1) is 6.92 Å². The Balaban J connectivity index is 2.12. The molecule has 5 heteroatoms. The van der Waals surface area contributed by atoms with Crippen LogP contribution in [-0.4, -0.2) is 4.98 Å². The topological polar surface area (TPSA) is 90.1 Å². The van der Waals surface area contributed by atoms with E-state index < -0.39 is 0 Å². The number of aromatic nitrogens is 1. The fourth-order valence-electron chi connectivity index (χ4n) is 1.55. The zero-order valence-corrected chi connectivity index (χ0v) is 9.90. The van der Waals surface area contributed by atoms with Gasteiger partial charge in [0.1, 0.15) is 23.2 Å². The molecule has 1 unspecified atom stereocenters. The molecule has 0 aliphatic rings. The highest BCUT2D eigenvalue weighted by Gasteiger charge is 2.10. The van der Waals surface area contributed by atoms with Crippen LogP contribution in [0.5, 0.6) is 0 Å². The van der Waals surface area contributed by atoms with Crippen molar-refractivity contribution < 1.29 is 4.42 Å². The Kier molecular flexibility index (Phi) is 2.91. The van der Waals surface area contributed by atoms with Gasteiger partial charge in [0.25, 0.3) is 0 Å². The first-order valence-electron chi connectivity index (χ1n) is 5.41. The van der Waals surface area contributed by atoms with E-state index in [0.29, 0.717) is 17.3 Å². The minimum Gasteiger partial charge on any atom is -0.464 e. The highest BCUT2D eigenvalue weighted by atomic mass is 16.3. The van der Waals surface area contributed by atoms with Crippen LogP contribution in [0.4, 0.5) is 17.3 Å². The molecular formula is C12H16N4O. The van der Waals surface area contributed by atoms with Gasteiger partial charge in [-0.1, -0.05) is 0 Å². The largest absolute Gasteiger partial charge is 0.464 e. The Labute approximate surface area is 99.8 Å². The number of hydrogen-bond acceptors (Lipinski definition) is 5. The molecule has 5 nitrogen and oxygen atoms in total. The van der Waals surface area contributed by atoms with Gasteiger partial charge in [0.05, 0.1) is 11.7 Å². The van der Waals surface area contributed by atoms with Crippen LogP contribution >= 0.6 is 0 Å². The lowest BCUT2D eigenvalue weighted by molar-refractivity contribution is 0.466. The average molecular weight is 232 g/mol. The molecule has 2 rings (SSSR count). The Morgan fingerprint density at radius 3 is 2.59 bits per heavy atom. The Morgan fingerprint density at radius 2 is 2.00 bits per heavy atom. The van der Waals surface area contributed by atoms with Crippen LogP contribution in [0.25, 0.3) is 0 Å². The lowest BCUT2D eigenvalue weighted by atomic mass is 10.2. The number of hydrogen-bond donors (Lipinski definition) is 3. The molecule has 2 aromatic rings. The van der Waals surface area contributed by atoms with E-state index in [2.05, 4.69) is 10.3 Å². The second kappa shape index (κ2) is 4.37. The summed E-state index contributed by atoms with van der Waals surface area (Å²) in [5.74, 6) is 2.76. The molecule has 2 aromatic heterocycles. The van der Waals surface area contributed by atoms with Gasteiger partial charge in [-0.3, -0.25) is 0 Å². The maximum Gasteiger partial charge on any atom is 0.149 e. The summed E-state index contributed by atoms with van der Waals surface area (Å²) in [5.41, 5.74) is 11.7. The lowest BCUT2D eigenvalue weighted by Crippen LogP contribution is -2.08. The van der Waals surface area contributed by atoms with Crippen molar-refractivity contribution in [2.45, 2.75) is 19.9 Å². The van der Waals surface area contributed by atoms with E-state index in [9.17, 15) is 0 Å². The molecule has 0 saturated carbocycles. The number of furan rings is 1. The van der Waals surface area contributed by atoms with Gasteiger partial charge in [0.15, 0.2) is 0 Å². The van der Waals surface area contributed by atoms with Gasteiger partial charge in [0, 0.05) is 0 Å². The first-order chi connectivity index (χ1) is 8.06. The van der Waals surface area contributed by atoms with E-state index in [1.54, 1.807) is 12.1 Å². The van der Waals surface area contributed by atoms with Gasteiger partial charge in [0.2, 0.25) is 0 Å². The van der Waals surface area contributed by atoms with Crippen LogP contribution in [0.2, 0.25) is 0 Å². The number of anilines is 3. The van der Waals surface area contributed by atoms with Gasteiger partial charge in [-0.25, -0.2) is 4.98 Å². The number of pyridine rings is 1. The van der Waals surface area contributed by atoms with Crippen molar-refractivity contribution in [2.75, 3.05) is 16.8 Å². The zero-order chi connectivity index (χ0) is 12.4. The van der Waals surface area contributed by atoms with Gasteiger partial charge in [-0.05, 0) is 38.1 Å².